The van der Waals surface area contributed by atoms with Gasteiger partial charge in [0, 0.05) is 13.0 Å². The number of unbranched alkanes of at least 4 members (excludes halogenated alkanes) is 26. The lowest BCUT2D eigenvalue weighted by Gasteiger charge is -2.15. The fourth-order valence-electron chi connectivity index (χ4n) is 6.83. The van der Waals surface area contributed by atoms with Gasteiger partial charge in [-0.05, 0) is 57.8 Å². The monoisotopic (exact) mass is 769 g/mol. The van der Waals surface area contributed by atoms with Gasteiger partial charge in [0.25, 0.3) is 0 Å². The van der Waals surface area contributed by atoms with E-state index in [2.05, 4.69) is 74.6 Å². The third kappa shape index (κ3) is 46.4. The number of carbonyl (C=O) groups is 1. The second kappa shape index (κ2) is 48.2. The summed E-state index contributed by atoms with van der Waals surface area (Å²) in [5, 5.41) is 9.63. The molecule has 0 aromatic heterocycles. The van der Waals surface area contributed by atoms with Crippen LogP contribution in [0.3, 0.4) is 0 Å². The standard InChI is InChI=1S/C51H92O4/c1-3-5-7-9-11-13-15-17-19-21-23-25-27-29-31-33-35-37-39-41-43-45-47-54-49-50(48-52)55-51(53)46-44-42-40-38-36-34-32-30-28-26-24-22-20-18-16-14-12-10-8-6-4-2/h6,8,12,14,18,20,24,26,30,32,50,52H,3-5,7,9-11,13,15-17,19,21-23,25,27-29,31,33-49H2,1-2H3/b8-6-,14-12-,20-18-,26-24-,32-30-. The molecule has 1 unspecified atom stereocenters. The smallest absolute Gasteiger partial charge is 0.306 e. The molecule has 0 rings (SSSR count). The summed E-state index contributed by atoms with van der Waals surface area (Å²) in [6.45, 7) is 5.24. The summed E-state index contributed by atoms with van der Waals surface area (Å²) in [6.07, 6.45) is 64.4. The van der Waals surface area contributed by atoms with Crippen LogP contribution < -0.4 is 0 Å². The van der Waals surface area contributed by atoms with Crippen molar-refractivity contribution in [2.75, 3.05) is 19.8 Å². The van der Waals surface area contributed by atoms with E-state index in [4.69, 9.17) is 9.47 Å². The number of esters is 1. The molecule has 320 valence electrons. The van der Waals surface area contributed by atoms with Gasteiger partial charge in [0.1, 0.15) is 6.10 Å². The Bertz CT molecular complexity index is 900. The number of aliphatic hydroxyl groups excluding tert-OH is 1. The number of rotatable bonds is 44. The molecular weight excluding hydrogens is 677 g/mol. The molecule has 0 spiro atoms. The molecule has 55 heavy (non-hydrogen) atoms. The molecule has 1 atom stereocenters. The van der Waals surface area contributed by atoms with Gasteiger partial charge in [-0.3, -0.25) is 4.79 Å². The molecule has 0 bridgehead atoms. The van der Waals surface area contributed by atoms with Gasteiger partial charge >= 0.3 is 5.97 Å². The minimum Gasteiger partial charge on any atom is -0.457 e. The zero-order chi connectivity index (χ0) is 39.8. The van der Waals surface area contributed by atoms with Gasteiger partial charge < -0.3 is 14.6 Å². The molecule has 0 saturated carbocycles. The zero-order valence-electron chi connectivity index (χ0n) is 36.7. The van der Waals surface area contributed by atoms with E-state index in [-0.39, 0.29) is 19.2 Å². The van der Waals surface area contributed by atoms with E-state index in [1.165, 1.54) is 148 Å². The molecule has 0 aliphatic carbocycles. The van der Waals surface area contributed by atoms with Crippen LogP contribution >= 0.6 is 0 Å². The number of hydrogen-bond acceptors (Lipinski definition) is 4. The van der Waals surface area contributed by atoms with Crippen molar-refractivity contribution in [1.82, 2.24) is 0 Å². The highest BCUT2D eigenvalue weighted by molar-refractivity contribution is 5.69. The normalized spacial score (nSPS) is 12.9. The maximum absolute atomic E-state index is 12.2. The van der Waals surface area contributed by atoms with Gasteiger partial charge in [0.05, 0.1) is 13.2 Å². The molecular formula is C51H92O4. The van der Waals surface area contributed by atoms with Crippen LogP contribution in [0.1, 0.15) is 232 Å². The van der Waals surface area contributed by atoms with E-state index in [9.17, 15) is 9.90 Å². The zero-order valence-corrected chi connectivity index (χ0v) is 36.7. The minimum absolute atomic E-state index is 0.180. The van der Waals surface area contributed by atoms with E-state index in [0.717, 1.165) is 64.2 Å². The van der Waals surface area contributed by atoms with Gasteiger partial charge in [-0.2, -0.15) is 0 Å². The third-order valence-electron chi connectivity index (χ3n) is 10.4. The maximum Gasteiger partial charge on any atom is 0.306 e. The summed E-state index contributed by atoms with van der Waals surface area (Å²) in [7, 11) is 0. The van der Waals surface area contributed by atoms with Gasteiger partial charge in [-0.25, -0.2) is 0 Å². The Balaban J connectivity index is 3.44. The summed E-state index contributed by atoms with van der Waals surface area (Å²) in [4.78, 5) is 12.2. The average Bonchev–Trinajstić information content (AvgIpc) is 3.19. The Morgan fingerprint density at radius 2 is 0.818 bits per heavy atom. The van der Waals surface area contributed by atoms with E-state index in [0.29, 0.717) is 13.0 Å². The van der Waals surface area contributed by atoms with E-state index in [1.807, 2.05) is 0 Å². The molecule has 0 saturated heterocycles. The number of ether oxygens (including phenoxy) is 2. The predicted molar refractivity (Wildman–Crippen MR) is 242 cm³/mol. The molecule has 0 radical (unpaired) electrons. The second-order valence-corrected chi connectivity index (χ2v) is 15.8. The number of hydrogen-bond donors (Lipinski definition) is 1. The first-order chi connectivity index (χ1) is 27.2. The summed E-state index contributed by atoms with van der Waals surface area (Å²) < 4.78 is 11.2. The molecule has 0 heterocycles. The van der Waals surface area contributed by atoms with E-state index < -0.39 is 6.10 Å². The Hall–Kier alpha value is -1.91. The van der Waals surface area contributed by atoms with Crippen LogP contribution in [0.4, 0.5) is 0 Å². The van der Waals surface area contributed by atoms with Crippen LogP contribution in [-0.2, 0) is 14.3 Å². The quantitative estimate of drug-likeness (QED) is 0.0381. The first-order valence-electron chi connectivity index (χ1n) is 23.9. The Labute approximate surface area is 343 Å². The van der Waals surface area contributed by atoms with Crippen molar-refractivity contribution >= 4 is 5.97 Å². The summed E-state index contributed by atoms with van der Waals surface area (Å²) in [5.41, 5.74) is 0. The van der Waals surface area contributed by atoms with E-state index in [1.54, 1.807) is 0 Å². The van der Waals surface area contributed by atoms with Crippen LogP contribution in [0.15, 0.2) is 60.8 Å². The summed E-state index contributed by atoms with van der Waals surface area (Å²) >= 11 is 0. The molecule has 0 aliphatic heterocycles. The van der Waals surface area contributed by atoms with Crippen LogP contribution in [0.2, 0.25) is 0 Å². The molecule has 0 aromatic carbocycles. The lowest BCUT2D eigenvalue weighted by Crippen LogP contribution is -2.27. The number of allylic oxidation sites excluding steroid dienone is 10. The van der Waals surface area contributed by atoms with Gasteiger partial charge in [-0.1, -0.05) is 229 Å². The van der Waals surface area contributed by atoms with Crippen LogP contribution in [0.5, 0.6) is 0 Å². The highest BCUT2D eigenvalue weighted by atomic mass is 16.6. The van der Waals surface area contributed by atoms with Crippen molar-refractivity contribution in [3.63, 3.8) is 0 Å². The highest BCUT2D eigenvalue weighted by Crippen LogP contribution is 2.16. The van der Waals surface area contributed by atoms with Crippen molar-refractivity contribution in [2.24, 2.45) is 0 Å². The Morgan fingerprint density at radius 3 is 1.24 bits per heavy atom. The highest BCUT2D eigenvalue weighted by Gasteiger charge is 2.13. The van der Waals surface area contributed by atoms with Gasteiger partial charge in [0.2, 0.25) is 0 Å². The molecule has 1 N–H and O–H groups in total. The number of aliphatic hydroxyl groups is 1. The lowest BCUT2D eigenvalue weighted by atomic mass is 10.0. The summed E-state index contributed by atoms with van der Waals surface area (Å²) in [5.74, 6) is -0.217. The first kappa shape index (κ1) is 53.1. The van der Waals surface area contributed by atoms with Crippen molar-refractivity contribution in [3.05, 3.63) is 60.8 Å². The Kier molecular flexibility index (Phi) is 46.6. The fraction of sp³-hybridized carbons (Fsp3) is 0.784. The van der Waals surface area contributed by atoms with Crippen molar-refractivity contribution in [1.29, 1.82) is 0 Å². The Morgan fingerprint density at radius 1 is 0.455 bits per heavy atom. The van der Waals surface area contributed by atoms with E-state index >= 15 is 0 Å². The maximum atomic E-state index is 12.2. The molecule has 4 nitrogen and oxygen atoms in total. The molecule has 0 amide bonds. The largest absolute Gasteiger partial charge is 0.457 e. The lowest BCUT2D eigenvalue weighted by molar-refractivity contribution is -0.154. The second-order valence-electron chi connectivity index (χ2n) is 15.8. The average molecular weight is 769 g/mol. The minimum atomic E-state index is -0.546. The summed E-state index contributed by atoms with van der Waals surface area (Å²) in [6, 6.07) is 0. The van der Waals surface area contributed by atoms with Gasteiger partial charge in [0.15, 0.2) is 0 Å². The SMILES string of the molecule is CC/C=C\C/C=C\C/C=C\C/C=C\C/C=C\CCCCCCCC(=O)OC(CO)COCCCCCCCCCCCCCCCCCCCCCCCC. The van der Waals surface area contributed by atoms with Crippen molar-refractivity contribution in [2.45, 2.75) is 238 Å². The molecule has 0 aliphatic rings. The van der Waals surface area contributed by atoms with Crippen LogP contribution in [-0.4, -0.2) is 37.0 Å². The molecule has 0 fully saturated rings. The number of carbonyl (C=O) groups excluding carboxylic acids is 1. The molecule has 0 aromatic rings. The van der Waals surface area contributed by atoms with Gasteiger partial charge in [-0.15, -0.1) is 0 Å². The van der Waals surface area contributed by atoms with Crippen LogP contribution in [0, 0.1) is 0 Å². The topological polar surface area (TPSA) is 55.8 Å². The third-order valence-corrected chi connectivity index (χ3v) is 10.4. The first-order valence-corrected chi connectivity index (χ1v) is 23.9. The predicted octanol–water partition coefficient (Wildman–Crippen LogP) is 16.0. The van der Waals surface area contributed by atoms with Crippen molar-refractivity contribution < 1.29 is 19.4 Å². The molecule has 4 heteroatoms. The fourth-order valence-corrected chi connectivity index (χ4v) is 6.83. The van der Waals surface area contributed by atoms with Crippen molar-refractivity contribution in [3.8, 4) is 0 Å². The van der Waals surface area contributed by atoms with Crippen LogP contribution in [0.25, 0.3) is 0 Å².